The highest BCUT2D eigenvalue weighted by Gasteiger charge is 2.30. The summed E-state index contributed by atoms with van der Waals surface area (Å²) < 4.78 is 0. The zero-order valence-electron chi connectivity index (χ0n) is 12.8. The van der Waals surface area contributed by atoms with Gasteiger partial charge in [0.1, 0.15) is 4.99 Å². The summed E-state index contributed by atoms with van der Waals surface area (Å²) in [6.07, 6.45) is 1.69. The third-order valence-electron chi connectivity index (χ3n) is 3.63. The SMILES string of the molecule is O=C1N/C(=C\c2ccc([N+](=O)[O-])cc2)C(=S)N1Cc1ccc(Cl)cc1. The second-order valence-corrected chi connectivity index (χ2v) is 6.18. The lowest BCUT2D eigenvalue weighted by atomic mass is 10.1. The molecule has 3 rings (SSSR count). The molecule has 8 heteroatoms. The van der Waals surface area contributed by atoms with Crippen molar-refractivity contribution in [2.45, 2.75) is 6.54 Å². The fraction of sp³-hybridized carbons (Fsp3) is 0.0588. The number of benzene rings is 2. The van der Waals surface area contributed by atoms with Gasteiger partial charge in [-0.2, -0.15) is 0 Å². The summed E-state index contributed by atoms with van der Waals surface area (Å²) in [6, 6.07) is 12.8. The minimum absolute atomic E-state index is 0.00421. The normalized spacial score (nSPS) is 15.6. The average Bonchev–Trinajstić information content (AvgIpc) is 2.85. The van der Waals surface area contributed by atoms with E-state index in [4.69, 9.17) is 23.8 Å². The summed E-state index contributed by atoms with van der Waals surface area (Å²) in [4.78, 5) is 24.2. The molecule has 2 aromatic rings. The Morgan fingerprint density at radius 1 is 1.16 bits per heavy atom. The first-order valence-electron chi connectivity index (χ1n) is 7.27. The molecule has 1 aliphatic heterocycles. The van der Waals surface area contributed by atoms with Crippen molar-refractivity contribution in [2.24, 2.45) is 0 Å². The largest absolute Gasteiger partial charge is 0.327 e. The molecule has 1 heterocycles. The lowest BCUT2D eigenvalue weighted by Crippen LogP contribution is -2.29. The van der Waals surface area contributed by atoms with Gasteiger partial charge in [-0.1, -0.05) is 36.0 Å². The van der Waals surface area contributed by atoms with Crippen LogP contribution in [-0.4, -0.2) is 20.8 Å². The first kappa shape index (κ1) is 17.1. The number of urea groups is 1. The second kappa shape index (κ2) is 7.00. The number of nitro benzene ring substituents is 1. The lowest BCUT2D eigenvalue weighted by Gasteiger charge is -2.13. The number of nitrogens with one attached hydrogen (secondary N) is 1. The molecule has 2 amide bonds. The van der Waals surface area contributed by atoms with Gasteiger partial charge in [-0.05, 0) is 41.5 Å². The summed E-state index contributed by atoms with van der Waals surface area (Å²) >= 11 is 11.2. The zero-order chi connectivity index (χ0) is 18.0. The van der Waals surface area contributed by atoms with Gasteiger partial charge in [0.25, 0.3) is 5.69 Å². The summed E-state index contributed by atoms with van der Waals surface area (Å²) in [7, 11) is 0. The van der Waals surface area contributed by atoms with Crippen molar-refractivity contribution in [3.05, 3.63) is 80.5 Å². The van der Waals surface area contributed by atoms with Crippen molar-refractivity contribution < 1.29 is 9.72 Å². The molecule has 1 saturated heterocycles. The Balaban J connectivity index is 1.78. The van der Waals surface area contributed by atoms with Crippen LogP contribution in [0.5, 0.6) is 0 Å². The van der Waals surface area contributed by atoms with Crippen LogP contribution in [0.4, 0.5) is 10.5 Å². The molecule has 0 aromatic heterocycles. The molecular formula is C17H12ClN3O3S. The molecule has 0 bridgehead atoms. The number of thiocarbonyl (C=S) groups is 1. The minimum Gasteiger partial charge on any atom is -0.305 e. The smallest absolute Gasteiger partial charge is 0.305 e. The zero-order valence-corrected chi connectivity index (χ0v) is 14.4. The Hall–Kier alpha value is -2.77. The quantitative estimate of drug-likeness (QED) is 0.378. The Morgan fingerprint density at radius 3 is 2.40 bits per heavy atom. The highest BCUT2D eigenvalue weighted by molar-refractivity contribution is 7.80. The number of non-ortho nitro benzene ring substituents is 1. The second-order valence-electron chi connectivity index (χ2n) is 5.35. The number of rotatable bonds is 4. The first-order chi connectivity index (χ1) is 11.9. The molecule has 0 radical (unpaired) electrons. The van der Waals surface area contributed by atoms with E-state index in [1.54, 1.807) is 30.3 Å². The molecule has 1 fully saturated rings. The van der Waals surface area contributed by atoms with E-state index in [2.05, 4.69) is 5.32 Å². The van der Waals surface area contributed by atoms with Crippen molar-refractivity contribution in [3.8, 4) is 0 Å². The van der Waals surface area contributed by atoms with Crippen LogP contribution in [0.3, 0.4) is 0 Å². The topological polar surface area (TPSA) is 75.5 Å². The highest BCUT2D eigenvalue weighted by atomic mass is 35.5. The average molecular weight is 374 g/mol. The van der Waals surface area contributed by atoms with Crippen LogP contribution < -0.4 is 5.32 Å². The van der Waals surface area contributed by atoms with Crippen LogP contribution >= 0.6 is 23.8 Å². The predicted octanol–water partition coefficient (Wildman–Crippen LogP) is 4.14. The third-order valence-corrected chi connectivity index (χ3v) is 4.32. The standard InChI is InChI=1S/C17H12ClN3O3S/c18-13-5-1-12(2-6-13)10-20-16(25)15(19-17(20)22)9-11-3-7-14(8-4-11)21(23)24/h1-9H,10H2,(H,19,22)/b15-9-. The monoisotopic (exact) mass is 373 g/mol. The maximum absolute atomic E-state index is 12.2. The maximum atomic E-state index is 12.2. The molecule has 0 unspecified atom stereocenters. The van der Waals surface area contributed by atoms with E-state index in [9.17, 15) is 14.9 Å². The molecule has 126 valence electrons. The van der Waals surface area contributed by atoms with Crippen molar-refractivity contribution in [3.63, 3.8) is 0 Å². The van der Waals surface area contributed by atoms with E-state index in [0.29, 0.717) is 27.8 Å². The van der Waals surface area contributed by atoms with E-state index >= 15 is 0 Å². The number of nitro groups is 1. The van der Waals surface area contributed by atoms with Crippen molar-refractivity contribution in [1.29, 1.82) is 0 Å². The van der Waals surface area contributed by atoms with E-state index < -0.39 is 4.92 Å². The van der Waals surface area contributed by atoms with E-state index in [-0.39, 0.29) is 11.7 Å². The van der Waals surface area contributed by atoms with Crippen molar-refractivity contribution >= 4 is 46.6 Å². The van der Waals surface area contributed by atoms with E-state index in [0.717, 1.165) is 5.56 Å². The van der Waals surface area contributed by atoms with Gasteiger partial charge < -0.3 is 5.32 Å². The van der Waals surface area contributed by atoms with Crippen molar-refractivity contribution in [1.82, 2.24) is 10.2 Å². The molecule has 1 aliphatic rings. The van der Waals surface area contributed by atoms with Crippen LogP contribution in [0.25, 0.3) is 6.08 Å². The van der Waals surface area contributed by atoms with Crippen LogP contribution in [0.1, 0.15) is 11.1 Å². The molecule has 2 aromatic carbocycles. The molecule has 25 heavy (non-hydrogen) atoms. The molecule has 1 N–H and O–H groups in total. The van der Waals surface area contributed by atoms with Gasteiger partial charge in [-0.25, -0.2) is 4.79 Å². The van der Waals surface area contributed by atoms with Crippen LogP contribution in [0, 0.1) is 10.1 Å². The summed E-state index contributed by atoms with van der Waals surface area (Å²) in [5.41, 5.74) is 2.10. The summed E-state index contributed by atoms with van der Waals surface area (Å²) in [5, 5.41) is 14.0. The van der Waals surface area contributed by atoms with Crippen LogP contribution in [0.2, 0.25) is 5.02 Å². The number of halogens is 1. The number of nitrogens with zero attached hydrogens (tertiary/aromatic N) is 2. The number of carbonyl (C=O) groups excluding carboxylic acids is 1. The lowest BCUT2D eigenvalue weighted by molar-refractivity contribution is -0.384. The molecular weight excluding hydrogens is 362 g/mol. The van der Waals surface area contributed by atoms with Gasteiger partial charge in [-0.3, -0.25) is 15.0 Å². The van der Waals surface area contributed by atoms with Gasteiger partial charge in [0.05, 0.1) is 17.2 Å². The Bertz CT molecular complexity index is 879. The van der Waals surface area contributed by atoms with Gasteiger partial charge in [0.2, 0.25) is 0 Å². The third kappa shape index (κ3) is 3.84. The Morgan fingerprint density at radius 2 is 1.80 bits per heavy atom. The van der Waals surface area contributed by atoms with E-state index in [1.807, 2.05) is 12.1 Å². The Kier molecular flexibility index (Phi) is 4.78. The van der Waals surface area contributed by atoms with Gasteiger partial charge >= 0.3 is 6.03 Å². The molecule has 0 spiro atoms. The Labute approximate surface area is 153 Å². The van der Waals surface area contributed by atoms with Gasteiger partial charge in [0.15, 0.2) is 0 Å². The highest BCUT2D eigenvalue weighted by Crippen LogP contribution is 2.20. The number of hydrogen-bond donors (Lipinski definition) is 1. The molecule has 6 nitrogen and oxygen atoms in total. The van der Waals surface area contributed by atoms with Crippen LogP contribution in [0.15, 0.2) is 54.2 Å². The van der Waals surface area contributed by atoms with Crippen LogP contribution in [-0.2, 0) is 6.54 Å². The van der Waals surface area contributed by atoms with Gasteiger partial charge in [0, 0.05) is 17.2 Å². The molecule has 0 atom stereocenters. The van der Waals surface area contributed by atoms with Crippen molar-refractivity contribution in [2.75, 3.05) is 0 Å². The summed E-state index contributed by atoms with van der Waals surface area (Å²) in [6.45, 7) is 0.333. The predicted molar refractivity (Wildman–Crippen MR) is 99.2 cm³/mol. The fourth-order valence-electron chi connectivity index (χ4n) is 2.35. The van der Waals surface area contributed by atoms with Gasteiger partial charge in [-0.15, -0.1) is 0 Å². The van der Waals surface area contributed by atoms with E-state index in [1.165, 1.54) is 17.0 Å². The molecule has 0 saturated carbocycles. The first-order valence-corrected chi connectivity index (χ1v) is 8.06. The maximum Gasteiger partial charge on any atom is 0.327 e. The number of carbonyl (C=O) groups is 1. The number of amides is 2. The fourth-order valence-corrected chi connectivity index (χ4v) is 2.73. The molecule has 0 aliphatic carbocycles. The summed E-state index contributed by atoms with van der Waals surface area (Å²) in [5.74, 6) is 0. The minimum atomic E-state index is -0.466. The number of hydrogen-bond acceptors (Lipinski definition) is 4.